The highest BCUT2D eigenvalue weighted by atomic mass is 16.5. The normalized spacial score (nSPS) is 12.2. The lowest BCUT2D eigenvalue weighted by Crippen LogP contribution is -2.47. The standard InChI is InChI=1S/C29H34N2O6/c1-19(18-32)14-24(29(34)30-17-20-15-25(35-2)27(37-4)26(16-20)36-3)31-28(33)23-12-10-22(11-13-23)21-8-6-5-7-9-21/h5-13,15-16,19,24,32H,14,17-18H2,1-4H3,(H,30,34)(H,31,33)/t19-,24-/m0/s1. The van der Waals surface area contributed by atoms with Crippen LogP contribution in [0.5, 0.6) is 17.2 Å². The van der Waals surface area contributed by atoms with Gasteiger partial charge in [0.2, 0.25) is 11.7 Å². The number of aliphatic hydroxyl groups is 1. The summed E-state index contributed by atoms with van der Waals surface area (Å²) < 4.78 is 16.1. The summed E-state index contributed by atoms with van der Waals surface area (Å²) >= 11 is 0. The molecule has 3 aromatic carbocycles. The van der Waals surface area contributed by atoms with Gasteiger partial charge in [-0.3, -0.25) is 9.59 Å². The van der Waals surface area contributed by atoms with Crippen LogP contribution in [0.2, 0.25) is 0 Å². The number of nitrogens with one attached hydrogen (secondary N) is 2. The third kappa shape index (κ3) is 7.24. The molecule has 0 saturated heterocycles. The lowest BCUT2D eigenvalue weighted by atomic mass is 10.0. The van der Waals surface area contributed by atoms with Gasteiger partial charge in [-0.1, -0.05) is 49.4 Å². The van der Waals surface area contributed by atoms with Gasteiger partial charge in [-0.25, -0.2) is 0 Å². The molecule has 2 atom stereocenters. The summed E-state index contributed by atoms with van der Waals surface area (Å²) in [4.78, 5) is 26.1. The summed E-state index contributed by atoms with van der Waals surface area (Å²) in [6, 6.07) is 19.8. The number of hydrogen-bond donors (Lipinski definition) is 3. The Bertz CT molecular complexity index is 1160. The van der Waals surface area contributed by atoms with Crippen LogP contribution in [0.4, 0.5) is 0 Å². The largest absolute Gasteiger partial charge is 0.493 e. The molecule has 0 aromatic heterocycles. The summed E-state index contributed by atoms with van der Waals surface area (Å²) in [5.74, 6) is 0.506. The fourth-order valence-electron chi connectivity index (χ4n) is 3.94. The molecule has 37 heavy (non-hydrogen) atoms. The number of benzene rings is 3. The molecule has 3 aromatic rings. The van der Waals surface area contributed by atoms with Crippen LogP contribution < -0.4 is 24.8 Å². The topological polar surface area (TPSA) is 106 Å². The van der Waals surface area contributed by atoms with E-state index in [4.69, 9.17) is 14.2 Å². The molecule has 0 aliphatic carbocycles. The Morgan fingerprint density at radius 3 is 2.00 bits per heavy atom. The molecule has 0 heterocycles. The van der Waals surface area contributed by atoms with Crippen LogP contribution in [0.25, 0.3) is 11.1 Å². The molecule has 3 N–H and O–H groups in total. The summed E-state index contributed by atoms with van der Waals surface area (Å²) in [6.45, 7) is 1.90. The van der Waals surface area contributed by atoms with Crippen molar-refractivity contribution in [2.45, 2.75) is 25.9 Å². The molecule has 0 bridgehead atoms. The minimum absolute atomic E-state index is 0.0989. The average Bonchev–Trinajstić information content (AvgIpc) is 2.95. The van der Waals surface area contributed by atoms with Gasteiger partial charge in [-0.15, -0.1) is 0 Å². The fraction of sp³-hybridized carbons (Fsp3) is 0.310. The van der Waals surface area contributed by atoms with Crippen molar-refractivity contribution >= 4 is 11.8 Å². The number of carbonyl (C=O) groups is 2. The van der Waals surface area contributed by atoms with Crippen molar-refractivity contribution in [2.75, 3.05) is 27.9 Å². The van der Waals surface area contributed by atoms with Crippen LogP contribution in [-0.2, 0) is 11.3 Å². The number of rotatable bonds is 12. The van der Waals surface area contributed by atoms with Crippen LogP contribution >= 0.6 is 0 Å². The van der Waals surface area contributed by atoms with Gasteiger partial charge in [0.1, 0.15) is 6.04 Å². The molecule has 8 nitrogen and oxygen atoms in total. The van der Waals surface area contributed by atoms with Gasteiger partial charge in [0.05, 0.1) is 21.3 Å². The lowest BCUT2D eigenvalue weighted by molar-refractivity contribution is -0.123. The fourth-order valence-corrected chi connectivity index (χ4v) is 3.94. The van der Waals surface area contributed by atoms with Crippen LogP contribution in [0.3, 0.4) is 0 Å². The van der Waals surface area contributed by atoms with E-state index in [-0.39, 0.29) is 37.3 Å². The maximum absolute atomic E-state index is 13.1. The SMILES string of the molecule is COc1cc(CNC(=O)[C@H](C[C@H](C)CO)NC(=O)c2ccc(-c3ccccc3)cc2)cc(OC)c1OC. The van der Waals surface area contributed by atoms with Crippen molar-refractivity contribution in [1.29, 1.82) is 0 Å². The third-order valence-corrected chi connectivity index (χ3v) is 6.02. The molecule has 8 heteroatoms. The second-order valence-corrected chi connectivity index (χ2v) is 8.74. The molecule has 0 radical (unpaired) electrons. The Kier molecular flexibility index (Phi) is 9.92. The Balaban J connectivity index is 1.71. The first-order valence-corrected chi connectivity index (χ1v) is 12.0. The van der Waals surface area contributed by atoms with Gasteiger partial charge in [-0.2, -0.15) is 0 Å². The van der Waals surface area contributed by atoms with E-state index in [0.717, 1.165) is 16.7 Å². The van der Waals surface area contributed by atoms with Gasteiger partial charge in [0.25, 0.3) is 5.91 Å². The number of amides is 2. The zero-order chi connectivity index (χ0) is 26.8. The van der Waals surface area contributed by atoms with E-state index in [0.29, 0.717) is 22.8 Å². The maximum atomic E-state index is 13.1. The molecule has 0 spiro atoms. The Hall–Kier alpha value is -4.04. The molecule has 0 aliphatic rings. The molecular weight excluding hydrogens is 472 g/mol. The van der Waals surface area contributed by atoms with E-state index in [9.17, 15) is 14.7 Å². The van der Waals surface area contributed by atoms with Gasteiger partial charge < -0.3 is 30.0 Å². The van der Waals surface area contributed by atoms with Crippen LogP contribution in [0, 0.1) is 5.92 Å². The van der Waals surface area contributed by atoms with E-state index in [1.807, 2.05) is 49.4 Å². The zero-order valence-corrected chi connectivity index (χ0v) is 21.6. The first-order chi connectivity index (χ1) is 17.9. The molecule has 0 aliphatic heterocycles. The minimum atomic E-state index is -0.828. The van der Waals surface area contributed by atoms with Crippen molar-refractivity contribution in [3.8, 4) is 28.4 Å². The summed E-state index contributed by atoms with van der Waals surface area (Å²) in [5, 5.41) is 15.2. The number of hydrogen-bond acceptors (Lipinski definition) is 6. The Morgan fingerprint density at radius 2 is 1.46 bits per heavy atom. The summed E-state index contributed by atoms with van der Waals surface area (Å²) in [5.41, 5.74) is 3.22. The predicted octanol–water partition coefficient (Wildman–Crippen LogP) is 3.81. The smallest absolute Gasteiger partial charge is 0.251 e. The highest BCUT2D eigenvalue weighted by Gasteiger charge is 2.24. The highest BCUT2D eigenvalue weighted by Crippen LogP contribution is 2.38. The second kappa shape index (κ2) is 13.3. The Morgan fingerprint density at radius 1 is 0.865 bits per heavy atom. The van der Waals surface area contributed by atoms with E-state index in [1.165, 1.54) is 21.3 Å². The van der Waals surface area contributed by atoms with Gasteiger partial charge in [0, 0.05) is 18.7 Å². The van der Waals surface area contributed by atoms with Crippen LogP contribution in [0.1, 0.15) is 29.3 Å². The van der Waals surface area contributed by atoms with Crippen molar-refractivity contribution in [3.05, 3.63) is 77.9 Å². The lowest BCUT2D eigenvalue weighted by Gasteiger charge is -2.21. The average molecular weight is 507 g/mol. The number of methoxy groups -OCH3 is 3. The summed E-state index contributed by atoms with van der Waals surface area (Å²) in [7, 11) is 4.56. The van der Waals surface area contributed by atoms with E-state index < -0.39 is 6.04 Å². The highest BCUT2D eigenvalue weighted by molar-refractivity contribution is 5.97. The number of carbonyl (C=O) groups excluding carboxylic acids is 2. The van der Waals surface area contributed by atoms with Crippen LogP contribution in [-0.4, -0.2) is 50.9 Å². The van der Waals surface area contributed by atoms with E-state index in [1.54, 1.807) is 24.3 Å². The molecule has 196 valence electrons. The molecule has 2 amide bonds. The van der Waals surface area contributed by atoms with Gasteiger partial charge >= 0.3 is 0 Å². The number of ether oxygens (including phenoxy) is 3. The first kappa shape index (κ1) is 27.5. The van der Waals surface area contributed by atoms with E-state index >= 15 is 0 Å². The molecule has 3 rings (SSSR count). The van der Waals surface area contributed by atoms with Crippen molar-refractivity contribution in [3.63, 3.8) is 0 Å². The van der Waals surface area contributed by atoms with Crippen LogP contribution in [0.15, 0.2) is 66.7 Å². The molecule has 0 fully saturated rings. The molecule has 0 unspecified atom stereocenters. The van der Waals surface area contributed by atoms with Gasteiger partial charge in [0.15, 0.2) is 11.5 Å². The van der Waals surface area contributed by atoms with E-state index in [2.05, 4.69) is 10.6 Å². The maximum Gasteiger partial charge on any atom is 0.251 e. The predicted molar refractivity (Wildman–Crippen MR) is 142 cm³/mol. The molecular formula is C29H34N2O6. The first-order valence-electron chi connectivity index (χ1n) is 12.0. The number of aliphatic hydroxyl groups excluding tert-OH is 1. The summed E-state index contributed by atoms with van der Waals surface area (Å²) in [6.07, 6.45) is 0.283. The van der Waals surface area contributed by atoms with Gasteiger partial charge in [-0.05, 0) is 53.3 Å². The molecule has 0 saturated carbocycles. The quantitative estimate of drug-likeness (QED) is 0.345. The second-order valence-electron chi connectivity index (χ2n) is 8.74. The van der Waals surface area contributed by atoms with Crippen molar-refractivity contribution in [1.82, 2.24) is 10.6 Å². The Labute approximate surface area is 217 Å². The van der Waals surface area contributed by atoms with Crippen molar-refractivity contribution < 1.29 is 28.9 Å². The minimum Gasteiger partial charge on any atom is -0.493 e. The third-order valence-electron chi connectivity index (χ3n) is 6.02. The monoisotopic (exact) mass is 506 g/mol. The van der Waals surface area contributed by atoms with Crippen molar-refractivity contribution in [2.24, 2.45) is 5.92 Å². The zero-order valence-electron chi connectivity index (χ0n) is 21.6.